The van der Waals surface area contributed by atoms with Gasteiger partial charge in [-0.3, -0.25) is 14.9 Å². The number of carbonyl (C=O) groups excluding carboxylic acids is 1. The third kappa shape index (κ3) is 3.72. The van der Waals surface area contributed by atoms with Crippen LogP contribution in [-0.4, -0.2) is 16.9 Å². The summed E-state index contributed by atoms with van der Waals surface area (Å²) in [5, 5.41) is 12.9. The third-order valence-electron chi connectivity index (χ3n) is 2.63. The number of non-ortho nitro benzene ring substituents is 1. The quantitative estimate of drug-likeness (QED) is 0.648. The van der Waals surface area contributed by atoms with Crippen molar-refractivity contribution >= 4 is 17.3 Å². The predicted molar refractivity (Wildman–Crippen MR) is 69.1 cm³/mol. The molecule has 0 spiro atoms. The molecule has 0 unspecified atom stereocenters. The highest BCUT2D eigenvalue weighted by Gasteiger charge is 2.28. The molecule has 0 radical (unpaired) electrons. The van der Waals surface area contributed by atoms with Crippen LogP contribution in [0.25, 0.3) is 0 Å². The lowest BCUT2D eigenvalue weighted by Crippen LogP contribution is -2.45. The molecular weight excluding hydrogens is 253 g/mol. The summed E-state index contributed by atoms with van der Waals surface area (Å²) in [6, 6.07) is 2.05. The molecule has 0 saturated heterocycles. The molecular formula is C12H16FN3O3. The molecule has 1 rings (SSSR count). The van der Waals surface area contributed by atoms with E-state index in [2.05, 4.69) is 5.32 Å². The number of nitrogens with two attached hydrogens (primary N) is 1. The summed E-state index contributed by atoms with van der Waals surface area (Å²) in [5.74, 6) is -1.34. The third-order valence-corrected chi connectivity index (χ3v) is 2.63. The van der Waals surface area contributed by atoms with Crippen LogP contribution in [0, 0.1) is 21.3 Å². The SMILES string of the molecule is CC(C)(C)[C@@H](N)C(=O)Nc1cc([N+](=O)[O-])ccc1F. The summed E-state index contributed by atoms with van der Waals surface area (Å²) in [4.78, 5) is 21.7. The fraction of sp³-hybridized carbons (Fsp3) is 0.417. The maximum absolute atomic E-state index is 13.5. The standard InChI is InChI=1S/C12H16FN3O3/c1-12(2,3)10(14)11(17)15-9-6-7(16(18)19)4-5-8(9)13/h4-6,10H,14H2,1-3H3,(H,15,17)/t10-/m0/s1. The van der Waals surface area contributed by atoms with Crippen LogP contribution in [0.4, 0.5) is 15.8 Å². The number of rotatable bonds is 3. The molecule has 0 aliphatic rings. The lowest BCUT2D eigenvalue weighted by Gasteiger charge is -2.25. The molecule has 19 heavy (non-hydrogen) atoms. The van der Waals surface area contributed by atoms with Gasteiger partial charge in [0.15, 0.2) is 0 Å². The van der Waals surface area contributed by atoms with Crippen molar-refractivity contribution in [1.29, 1.82) is 0 Å². The van der Waals surface area contributed by atoms with E-state index in [4.69, 9.17) is 5.73 Å². The largest absolute Gasteiger partial charge is 0.322 e. The highest BCUT2D eigenvalue weighted by atomic mass is 19.1. The minimum Gasteiger partial charge on any atom is -0.322 e. The second-order valence-corrected chi connectivity index (χ2v) is 5.25. The number of halogens is 1. The van der Waals surface area contributed by atoms with E-state index in [0.717, 1.165) is 18.2 Å². The lowest BCUT2D eigenvalue weighted by molar-refractivity contribution is -0.384. The Morgan fingerprint density at radius 1 is 1.47 bits per heavy atom. The number of benzene rings is 1. The van der Waals surface area contributed by atoms with E-state index in [0.29, 0.717) is 0 Å². The average Bonchev–Trinajstić information content (AvgIpc) is 2.29. The van der Waals surface area contributed by atoms with Crippen molar-refractivity contribution in [2.45, 2.75) is 26.8 Å². The van der Waals surface area contributed by atoms with E-state index in [1.807, 2.05) is 0 Å². The maximum Gasteiger partial charge on any atom is 0.271 e. The number of amides is 1. The van der Waals surface area contributed by atoms with Gasteiger partial charge < -0.3 is 11.1 Å². The zero-order valence-electron chi connectivity index (χ0n) is 10.9. The van der Waals surface area contributed by atoms with Crippen molar-refractivity contribution in [3.63, 3.8) is 0 Å². The first-order valence-corrected chi connectivity index (χ1v) is 5.63. The van der Waals surface area contributed by atoms with Crippen LogP contribution >= 0.6 is 0 Å². The van der Waals surface area contributed by atoms with Crippen molar-refractivity contribution in [1.82, 2.24) is 0 Å². The number of nitro groups is 1. The summed E-state index contributed by atoms with van der Waals surface area (Å²) in [5.41, 5.74) is 4.67. The number of nitrogens with zero attached hydrogens (tertiary/aromatic N) is 1. The van der Waals surface area contributed by atoms with E-state index in [1.165, 1.54) is 0 Å². The normalized spacial score (nSPS) is 12.9. The van der Waals surface area contributed by atoms with Gasteiger partial charge >= 0.3 is 0 Å². The van der Waals surface area contributed by atoms with Gasteiger partial charge in [0.25, 0.3) is 5.69 Å². The maximum atomic E-state index is 13.5. The van der Waals surface area contributed by atoms with Crippen LogP contribution in [0.1, 0.15) is 20.8 Å². The smallest absolute Gasteiger partial charge is 0.271 e. The van der Waals surface area contributed by atoms with Crippen LogP contribution in [0.3, 0.4) is 0 Å². The van der Waals surface area contributed by atoms with E-state index in [9.17, 15) is 19.3 Å². The van der Waals surface area contributed by atoms with Gasteiger partial charge in [0.05, 0.1) is 16.7 Å². The average molecular weight is 269 g/mol. The van der Waals surface area contributed by atoms with E-state index in [1.54, 1.807) is 20.8 Å². The Balaban J connectivity index is 2.96. The fourth-order valence-corrected chi connectivity index (χ4v) is 1.33. The first-order chi connectivity index (χ1) is 8.62. The minimum atomic E-state index is -0.855. The highest BCUT2D eigenvalue weighted by Crippen LogP contribution is 2.23. The van der Waals surface area contributed by atoms with Crippen molar-refractivity contribution in [2.24, 2.45) is 11.1 Å². The van der Waals surface area contributed by atoms with Gasteiger partial charge in [-0.2, -0.15) is 0 Å². The van der Waals surface area contributed by atoms with Gasteiger partial charge in [-0.25, -0.2) is 4.39 Å². The van der Waals surface area contributed by atoms with E-state index in [-0.39, 0.29) is 11.4 Å². The second-order valence-electron chi connectivity index (χ2n) is 5.25. The van der Waals surface area contributed by atoms with Gasteiger partial charge in [0.2, 0.25) is 5.91 Å². The van der Waals surface area contributed by atoms with Crippen LogP contribution in [0.2, 0.25) is 0 Å². The van der Waals surface area contributed by atoms with E-state index < -0.39 is 28.1 Å². The lowest BCUT2D eigenvalue weighted by atomic mass is 9.87. The predicted octanol–water partition coefficient (Wildman–Crippen LogP) is 2.05. The molecule has 3 N–H and O–H groups in total. The Hall–Kier alpha value is -2.02. The van der Waals surface area contributed by atoms with Crippen molar-refractivity contribution in [2.75, 3.05) is 5.32 Å². The zero-order chi connectivity index (χ0) is 14.8. The van der Waals surface area contributed by atoms with Gasteiger partial charge in [0.1, 0.15) is 5.82 Å². The number of carbonyl (C=O) groups is 1. The molecule has 1 amide bonds. The summed E-state index contributed by atoms with van der Waals surface area (Å²) in [6.07, 6.45) is 0. The second kappa shape index (κ2) is 5.31. The molecule has 104 valence electrons. The van der Waals surface area contributed by atoms with Gasteiger partial charge in [-0.05, 0) is 11.5 Å². The molecule has 0 saturated carbocycles. The first-order valence-electron chi connectivity index (χ1n) is 5.63. The number of hydrogen-bond donors (Lipinski definition) is 2. The number of anilines is 1. The first kappa shape index (κ1) is 15.0. The summed E-state index contributed by atoms with van der Waals surface area (Å²) < 4.78 is 13.5. The highest BCUT2D eigenvalue weighted by molar-refractivity contribution is 5.95. The Morgan fingerprint density at radius 2 is 2.05 bits per heavy atom. The van der Waals surface area contributed by atoms with Crippen LogP contribution in [0.15, 0.2) is 18.2 Å². The van der Waals surface area contributed by atoms with Crippen LogP contribution in [-0.2, 0) is 4.79 Å². The van der Waals surface area contributed by atoms with Crippen LogP contribution in [0.5, 0.6) is 0 Å². The molecule has 0 heterocycles. The molecule has 0 fully saturated rings. The molecule has 7 heteroatoms. The Bertz CT molecular complexity index is 511. The van der Waals surface area contributed by atoms with Gasteiger partial charge in [-0.1, -0.05) is 20.8 Å². The van der Waals surface area contributed by atoms with Gasteiger partial charge in [-0.15, -0.1) is 0 Å². The fourth-order valence-electron chi connectivity index (χ4n) is 1.33. The Morgan fingerprint density at radius 3 is 2.53 bits per heavy atom. The van der Waals surface area contributed by atoms with Gasteiger partial charge in [0, 0.05) is 12.1 Å². The molecule has 6 nitrogen and oxygen atoms in total. The van der Waals surface area contributed by atoms with Crippen LogP contribution < -0.4 is 11.1 Å². The van der Waals surface area contributed by atoms with E-state index >= 15 is 0 Å². The monoisotopic (exact) mass is 269 g/mol. The number of hydrogen-bond acceptors (Lipinski definition) is 4. The molecule has 0 aliphatic heterocycles. The molecule has 1 aromatic rings. The van der Waals surface area contributed by atoms with Crippen molar-refractivity contribution in [3.05, 3.63) is 34.1 Å². The number of nitro benzene ring substituents is 1. The Kier molecular flexibility index (Phi) is 4.21. The summed E-state index contributed by atoms with van der Waals surface area (Å²) >= 11 is 0. The molecule has 0 aliphatic carbocycles. The number of nitrogens with one attached hydrogen (secondary N) is 1. The minimum absolute atomic E-state index is 0.251. The zero-order valence-corrected chi connectivity index (χ0v) is 10.9. The van der Waals surface area contributed by atoms with Crippen molar-refractivity contribution in [3.8, 4) is 0 Å². The summed E-state index contributed by atoms with van der Waals surface area (Å²) in [6.45, 7) is 5.29. The molecule has 1 aromatic carbocycles. The topological polar surface area (TPSA) is 98.3 Å². The molecule has 0 bridgehead atoms. The molecule has 1 atom stereocenters. The molecule has 0 aromatic heterocycles. The summed E-state index contributed by atoms with van der Waals surface area (Å²) in [7, 11) is 0. The Labute approximate surface area is 109 Å². The van der Waals surface area contributed by atoms with Crippen molar-refractivity contribution < 1.29 is 14.1 Å².